The first-order chi connectivity index (χ1) is 8.66. The van der Waals surface area contributed by atoms with Crippen LogP contribution in [0.2, 0.25) is 0 Å². The summed E-state index contributed by atoms with van der Waals surface area (Å²) in [5.41, 5.74) is 0. The lowest BCUT2D eigenvalue weighted by Crippen LogP contribution is -2.26. The van der Waals surface area contributed by atoms with E-state index >= 15 is 0 Å². The van der Waals surface area contributed by atoms with Crippen LogP contribution in [0.4, 0.5) is 5.88 Å². The maximum absolute atomic E-state index is 11.6. The molecule has 7 nitrogen and oxygen atoms in total. The third-order valence-electron chi connectivity index (χ3n) is 3.00. The van der Waals surface area contributed by atoms with Crippen LogP contribution >= 0.6 is 12.4 Å². The van der Waals surface area contributed by atoms with Gasteiger partial charge in [-0.25, -0.2) is 0 Å². The predicted molar refractivity (Wildman–Crippen MR) is 70.5 cm³/mol. The first kappa shape index (κ1) is 15.5. The third kappa shape index (κ3) is 4.22. The van der Waals surface area contributed by atoms with Crippen molar-refractivity contribution in [2.24, 2.45) is 5.92 Å². The van der Waals surface area contributed by atoms with E-state index in [0.29, 0.717) is 12.5 Å². The van der Waals surface area contributed by atoms with Gasteiger partial charge in [-0.1, -0.05) is 0 Å². The van der Waals surface area contributed by atoms with Crippen LogP contribution in [-0.4, -0.2) is 30.5 Å². The van der Waals surface area contributed by atoms with Gasteiger partial charge in [0.05, 0.1) is 6.07 Å². The zero-order valence-electron chi connectivity index (χ0n) is 10.3. The molecule has 1 amide bonds. The SMILES string of the molecule is Cl.O=C(NCCC1CCNC1)c1ccc([N+](=O)[O-])o1. The Morgan fingerprint density at radius 2 is 2.37 bits per heavy atom. The average Bonchev–Trinajstić information content (AvgIpc) is 2.99. The lowest BCUT2D eigenvalue weighted by molar-refractivity contribution is -0.402. The summed E-state index contributed by atoms with van der Waals surface area (Å²) < 4.78 is 4.81. The molecular formula is C11H16ClN3O4. The summed E-state index contributed by atoms with van der Waals surface area (Å²) in [6, 6.07) is 2.49. The minimum Gasteiger partial charge on any atom is -0.395 e. The molecule has 1 atom stereocenters. The Labute approximate surface area is 116 Å². The molecule has 0 aromatic carbocycles. The second kappa shape index (κ2) is 7.10. The topological polar surface area (TPSA) is 97.4 Å². The fourth-order valence-corrected chi connectivity index (χ4v) is 1.99. The van der Waals surface area contributed by atoms with Crippen LogP contribution < -0.4 is 10.6 Å². The van der Waals surface area contributed by atoms with Crippen LogP contribution in [0.1, 0.15) is 23.4 Å². The van der Waals surface area contributed by atoms with Crippen LogP contribution in [-0.2, 0) is 0 Å². The maximum atomic E-state index is 11.6. The molecule has 1 aliphatic rings. The summed E-state index contributed by atoms with van der Waals surface area (Å²) in [5, 5.41) is 16.3. The van der Waals surface area contributed by atoms with Crippen molar-refractivity contribution in [1.29, 1.82) is 0 Å². The molecule has 1 aromatic rings. The van der Waals surface area contributed by atoms with E-state index in [9.17, 15) is 14.9 Å². The van der Waals surface area contributed by atoms with Gasteiger partial charge < -0.3 is 15.1 Å². The highest BCUT2D eigenvalue weighted by Crippen LogP contribution is 2.15. The molecule has 1 aromatic heterocycles. The number of nitro groups is 1. The third-order valence-corrected chi connectivity index (χ3v) is 3.00. The number of carbonyl (C=O) groups is 1. The fourth-order valence-electron chi connectivity index (χ4n) is 1.99. The Morgan fingerprint density at radius 3 is 2.95 bits per heavy atom. The molecule has 2 heterocycles. The van der Waals surface area contributed by atoms with Crippen LogP contribution in [0.3, 0.4) is 0 Å². The number of rotatable bonds is 5. The number of nitrogens with one attached hydrogen (secondary N) is 2. The Hall–Kier alpha value is -1.60. The van der Waals surface area contributed by atoms with Gasteiger partial charge in [-0.3, -0.25) is 14.9 Å². The number of hydrogen-bond donors (Lipinski definition) is 2. The number of halogens is 1. The second-order valence-corrected chi connectivity index (χ2v) is 4.30. The van der Waals surface area contributed by atoms with Crippen molar-refractivity contribution in [1.82, 2.24) is 10.6 Å². The van der Waals surface area contributed by atoms with Crippen LogP contribution in [0.15, 0.2) is 16.5 Å². The highest BCUT2D eigenvalue weighted by atomic mass is 35.5. The summed E-state index contributed by atoms with van der Waals surface area (Å²) in [6.45, 7) is 2.57. The van der Waals surface area contributed by atoms with Gasteiger partial charge in [0.2, 0.25) is 0 Å². The van der Waals surface area contributed by atoms with E-state index in [1.54, 1.807) is 0 Å². The van der Waals surface area contributed by atoms with E-state index in [0.717, 1.165) is 25.9 Å². The molecular weight excluding hydrogens is 274 g/mol. The van der Waals surface area contributed by atoms with Gasteiger partial charge in [0.25, 0.3) is 5.91 Å². The quantitative estimate of drug-likeness (QED) is 0.630. The number of nitrogens with zero attached hydrogens (tertiary/aromatic N) is 1. The van der Waals surface area contributed by atoms with Gasteiger partial charge >= 0.3 is 5.88 Å². The summed E-state index contributed by atoms with van der Waals surface area (Å²) in [7, 11) is 0. The highest BCUT2D eigenvalue weighted by molar-refractivity contribution is 5.91. The van der Waals surface area contributed by atoms with E-state index in [2.05, 4.69) is 10.6 Å². The number of hydrogen-bond acceptors (Lipinski definition) is 5. The Bertz CT molecular complexity index is 443. The van der Waals surface area contributed by atoms with E-state index < -0.39 is 16.7 Å². The lowest BCUT2D eigenvalue weighted by atomic mass is 10.1. The summed E-state index contributed by atoms with van der Waals surface area (Å²) >= 11 is 0. The normalized spacial score (nSPS) is 17.8. The monoisotopic (exact) mass is 289 g/mol. The number of amides is 1. The van der Waals surface area contributed by atoms with Crippen molar-refractivity contribution >= 4 is 24.2 Å². The van der Waals surface area contributed by atoms with Gasteiger partial charge in [-0.05, 0) is 37.9 Å². The zero-order valence-corrected chi connectivity index (χ0v) is 11.1. The van der Waals surface area contributed by atoms with Gasteiger partial charge in [-0.15, -0.1) is 12.4 Å². The molecule has 1 aliphatic heterocycles. The standard InChI is InChI=1S/C11H15N3O4.ClH/c15-11(9-1-2-10(18-9)14(16)17)13-6-4-8-3-5-12-7-8;/h1-2,8,12H,3-7H2,(H,13,15);1H. The van der Waals surface area contributed by atoms with E-state index in [1.165, 1.54) is 12.1 Å². The van der Waals surface area contributed by atoms with Crippen molar-refractivity contribution in [2.45, 2.75) is 12.8 Å². The summed E-state index contributed by atoms with van der Waals surface area (Å²) in [6.07, 6.45) is 2.03. The first-order valence-electron chi connectivity index (χ1n) is 5.90. The van der Waals surface area contributed by atoms with Crippen molar-refractivity contribution in [2.75, 3.05) is 19.6 Å². The second-order valence-electron chi connectivity index (χ2n) is 4.30. The molecule has 19 heavy (non-hydrogen) atoms. The molecule has 2 N–H and O–H groups in total. The minimum atomic E-state index is -0.666. The average molecular weight is 290 g/mol. The minimum absolute atomic E-state index is 0. The Morgan fingerprint density at radius 1 is 1.58 bits per heavy atom. The maximum Gasteiger partial charge on any atom is 0.433 e. The van der Waals surface area contributed by atoms with Crippen molar-refractivity contribution < 1.29 is 14.1 Å². The number of furan rings is 1. The fraction of sp³-hybridized carbons (Fsp3) is 0.545. The van der Waals surface area contributed by atoms with Crippen LogP contribution in [0.25, 0.3) is 0 Å². The van der Waals surface area contributed by atoms with Crippen molar-refractivity contribution in [3.63, 3.8) is 0 Å². The number of carbonyl (C=O) groups excluding carboxylic acids is 1. The summed E-state index contributed by atoms with van der Waals surface area (Å²) in [4.78, 5) is 21.3. The highest BCUT2D eigenvalue weighted by Gasteiger charge is 2.18. The zero-order chi connectivity index (χ0) is 13.0. The molecule has 0 spiro atoms. The summed E-state index contributed by atoms with van der Waals surface area (Å²) in [5.74, 6) is -0.253. The Kier molecular flexibility index (Phi) is 5.78. The first-order valence-corrected chi connectivity index (χ1v) is 5.90. The molecule has 1 unspecified atom stereocenters. The molecule has 2 rings (SSSR count). The van der Waals surface area contributed by atoms with Crippen LogP contribution in [0.5, 0.6) is 0 Å². The Balaban J connectivity index is 0.00000180. The smallest absolute Gasteiger partial charge is 0.395 e. The molecule has 0 saturated carbocycles. The van der Waals surface area contributed by atoms with E-state index in [-0.39, 0.29) is 18.2 Å². The van der Waals surface area contributed by atoms with Crippen molar-refractivity contribution in [3.8, 4) is 0 Å². The lowest BCUT2D eigenvalue weighted by Gasteiger charge is -2.07. The molecule has 1 fully saturated rings. The van der Waals surface area contributed by atoms with Gasteiger partial charge in [-0.2, -0.15) is 0 Å². The van der Waals surface area contributed by atoms with Crippen molar-refractivity contribution in [3.05, 3.63) is 28.0 Å². The van der Waals surface area contributed by atoms with E-state index in [1.807, 2.05) is 0 Å². The van der Waals surface area contributed by atoms with Gasteiger partial charge in [0.1, 0.15) is 4.92 Å². The molecule has 106 valence electrons. The molecule has 8 heteroatoms. The largest absolute Gasteiger partial charge is 0.433 e. The van der Waals surface area contributed by atoms with E-state index in [4.69, 9.17) is 4.42 Å². The van der Waals surface area contributed by atoms with Crippen LogP contribution in [0, 0.1) is 16.0 Å². The molecule has 1 saturated heterocycles. The molecule has 0 radical (unpaired) electrons. The van der Waals surface area contributed by atoms with Gasteiger partial charge in [0, 0.05) is 6.54 Å². The van der Waals surface area contributed by atoms with Gasteiger partial charge in [0.15, 0.2) is 5.76 Å². The predicted octanol–water partition coefficient (Wildman–Crippen LogP) is 1.34. The molecule has 0 bridgehead atoms. The molecule has 0 aliphatic carbocycles.